The largest absolute Gasteiger partial charge is 0.333 e. The SMILES string of the molecule is O=C(Nc1ccc(F)cc1)N[C@@H]1C2CCN(CC2)[C@@H]1Cc1cccnc1. The summed E-state index contributed by atoms with van der Waals surface area (Å²) in [5.74, 6) is 0.186. The van der Waals surface area contributed by atoms with Crippen LogP contribution in [0, 0.1) is 11.7 Å². The molecule has 5 nitrogen and oxygen atoms in total. The van der Waals surface area contributed by atoms with Gasteiger partial charge >= 0.3 is 6.03 Å². The van der Waals surface area contributed by atoms with E-state index in [1.54, 1.807) is 18.3 Å². The van der Waals surface area contributed by atoms with Crippen LogP contribution >= 0.6 is 0 Å². The second-order valence-electron chi connectivity index (χ2n) is 7.14. The zero-order valence-corrected chi connectivity index (χ0v) is 14.6. The molecule has 1 aromatic carbocycles. The standard InChI is InChI=1S/C20H23FN4O/c21-16-3-5-17(6-4-16)23-20(26)24-19-15-7-10-25(11-8-15)18(19)12-14-2-1-9-22-13-14/h1-6,9,13,15,18-19H,7-8,10-12H2,(H2,23,24,26)/t18-,19-/m1/s1. The Labute approximate surface area is 152 Å². The first-order valence-corrected chi connectivity index (χ1v) is 9.15. The summed E-state index contributed by atoms with van der Waals surface area (Å²) >= 11 is 0. The molecule has 2 N–H and O–H groups in total. The molecule has 0 aliphatic carbocycles. The number of nitrogens with zero attached hydrogens (tertiary/aromatic N) is 2. The van der Waals surface area contributed by atoms with Crippen LogP contribution in [0.4, 0.5) is 14.9 Å². The number of urea groups is 1. The number of rotatable bonds is 4. The predicted octanol–water partition coefficient (Wildman–Crippen LogP) is 3.05. The summed E-state index contributed by atoms with van der Waals surface area (Å²) in [6, 6.07) is 10.0. The molecule has 6 heteroatoms. The van der Waals surface area contributed by atoms with Gasteiger partial charge in [0.25, 0.3) is 0 Å². The summed E-state index contributed by atoms with van der Waals surface area (Å²) in [5, 5.41) is 5.99. The highest BCUT2D eigenvalue weighted by Crippen LogP contribution is 2.34. The Hall–Kier alpha value is -2.47. The summed E-state index contributed by atoms with van der Waals surface area (Å²) < 4.78 is 13.0. The van der Waals surface area contributed by atoms with Crippen LogP contribution in [0.5, 0.6) is 0 Å². The Morgan fingerprint density at radius 2 is 1.96 bits per heavy atom. The molecule has 5 rings (SSSR count). The lowest BCUT2D eigenvalue weighted by atomic mass is 9.77. The normalized spacial score (nSPS) is 27.1. The second kappa shape index (κ2) is 7.41. The highest BCUT2D eigenvalue weighted by atomic mass is 19.1. The average Bonchev–Trinajstić information content (AvgIpc) is 2.67. The Morgan fingerprint density at radius 3 is 2.65 bits per heavy atom. The average molecular weight is 354 g/mol. The Balaban J connectivity index is 1.45. The van der Waals surface area contributed by atoms with Gasteiger partial charge < -0.3 is 10.6 Å². The van der Waals surface area contributed by atoms with Crippen molar-refractivity contribution in [1.82, 2.24) is 15.2 Å². The minimum absolute atomic E-state index is 0.109. The molecular formula is C20H23FN4O. The number of pyridine rings is 1. The minimum atomic E-state index is -0.315. The Bertz CT molecular complexity index is 744. The topological polar surface area (TPSA) is 57.3 Å². The highest BCUT2D eigenvalue weighted by molar-refractivity contribution is 5.89. The fourth-order valence-corrected chi connectivity index (χ4v) is 4.23. The van der Waals surface area contributed by atoms with Crippen LogP contribution in [0.1, 0.15) is 18.4 Å². The first kappa shape index (κ1) is 17.0. The quantitative estimate of drug-likeness (QED) is 0.887. The molecule has 0 spiro atoms. The van der Waals surface area contributed by atoms with Crippen LogP contribution in [0.15, 0.2) is 48.8 Å². The second-order valence-corrected chi connectivity index (χ2v) is 7.14. The monoisotopic (exact) mass is 354 g/mol. The number of carbonyl (C=O) groups is 1. The van der Waals surface area contributed by atoms with Crippen molar-refractivity contribution in [2.45, 2.75) is 31.3 Å². The molecule has 2 atom stereocenters. The molecule has 2 amide bonds. The van der Waals surface area contributed by atoms with Crippen LogP contribution in [0.3, 0.4) is 0 Å². The number of carbonyl (C=O) groups excluding carboxylic acids is 1. The number of anilines is 1. The van der Waals surface area contributed by atoms with Gasteiger partial charge in [0.05, 0.1) is 0 Å². The number of hydrogen-bond donors (Lipinski definition) is 2. The number of nitrogens with one attached hydrogen (secondary N) is 2. The first-order valence-electron chi connectivity index (χ1n) is 9.15. The van der Waals surface area contributed by atoms with Gasteiger partial charge in [0, 0.05) is 30.2 Å². The maximum atomic E-state index is 13.0. The Kier molecular flexibility index (Phi) is 4.84. The van der Waals surface area contributed by atoms with E-state index in [1.807, 2.05) is 12.3 Å². The fraction of sp³-hybridized carbons (Fsp3) is 0.400. The summed E-state index contributed by atoms with van der Waals surface area (Å²) in [4.78, 5) is 19.2. The molecule has 0 unspecified atom stereocenters. The lowest BCUT2D eigenvalue weighted by Gasteiger charge is -2.51. The van der Waals surface area contributed by atoms with E-state index in [9.17, 15) is 9.18 Å². The van der Waals surface area contributed by atoms with Crippen molar-refractivity contribution in [1.29, 1.82) is 0 Å². The van der Waals surface area contributed by atoms with Gasteiger partial charge in [-0.15, -0.1) is 0 Å². The maximum absolute atomic E-state index is 13.0. The highest BCUT2D eigenvalue weighted by Gasteiger charge is 2.42. The van der Waals surface area contributed by atoms with Gasteiger partial charge in [0.15, 0.2) is 0 Å². The lowest BCUT2D eigenvalue weighted by molar-refractivity contribution is 0.0184. The van der Waals surface area contributed by atoms with Gasteiger partial charge in [-0.2, -0.15) is 0 Å². The van der Waals surface area contributed by atoms with E-state index in [0.29, 0.717) is 11.6 Å². The number of fused-ring (bicyclic) bond motifs is 3. The van der Waals surface area contributed by atoms with Gasteiger partial charge in [0.1, 0.15) is 5.82 Å². The molecule has 3 aliphatic heterocycles. The zero-order valence-electron chi connectivity index (χ0n) is 14.6. The third-order valence-corrected chi connectivity index (χ3v) is 5.53. The molecule has 4 heterocycles. The van der Waals surface area contributed by atoms with Crippen LogP contribution < -0.4 is 10.6 Å². The summed E-state index contributed by atoms with van der Waals surface area (Å²) in [6.07, 6.45) is 6.80. The van der Waals surface area contributed by atoms with Crippen molar-refractivity contribution in [2.24, 2.45) is 5.92 Å². The molecule has 0 saturated carbocycles. The molecule has 2 aromatic rings. The van der Waals surface area contributed by atoms with E-state index in [1.165, 1.54) is 17.7 Å². The first-order chi connectivity index (χ1) is 12.7. The van der Waals surface area contributed by atoms with E-state index in [2.05, 4.69) is 26.6 Å². The van der Waals surface area contributed by atoms with Gasteiger partial charge in [-0.05, 0) is 74.2 Å². The van der Waals surface area contributed by atoms with E-state index in [0.717, 1.165) is 32.4 Å². The van der Waals surface area contributed by atoms with Gasteiger partial charge in [-0.3, -0.25) is 9.88 Å². The van der Waals surface area contributed by atoms with Crippen LogP contribution in [-0.4, -0.2) is 41.1 Å². The number of hydrogen-bond acceptors (Lipinski definition) is 3. The van der Waals surface area contributed by atoms with E-state index < -0.39 is 0 Å². The fourth-order valence-electron chi connectivity index (χ4n) is 4.23. The van der Waals surface area contributed by atoms with Crippen LogP contribution in [0.2, 0.25) is 0 Å². The molecule has 3 aliphatic rings. The van der Waals surface area contributed by atoms with Crippen molar-refractivity contribution in [2.75, 3.05) is 18.4 Å². The van der Waals surface area contributed by atoms with Gasteiger partial charge in [0.2, 0.25) is 0 Å². The molecule has 2 bridgehead atoms. The van der Waals surface area contributed by atoms with Crippen molar-refractivity contribution < 1.29 is 9.18 Å². The number of aromatic nitrogens is 1. The molecule has 26 heavy (non-hydrogen) atoms. The van der Waals surface area contributed by atoms with Crippen molar-refractivity contribution in [3.8, 4) is 0 Å². The van der Waals surface area contributed by atoms with Gasteiger partial charge in [-0.1, -0.05) is 6.07 Å². The number of benzene rings is 1. The number of amides is 2. The third kappa shape index (κ3) is 3.70. The van der Waals surface area contributed by atoms with Gasteiger partial charge in [-0.25, -0.2) is 9.18 Å². The lowest BCUT2D eigenvalue weighted by Crippen LogP contribution is -2.64. The molecule has 3 fully saturated rings. The predicted molar refractivity (Wildman–Crippen MR) is 98.4 cm³/mol. The van der Waals surface area contributed by atoms with E-state index in [4.69, 9.17) is 0 Å². The molecule has 3 saturated heterocycles. The van der Waals surface area contributed by atoms with E-state index >= 15 is 0 Å². The molecule has 1 aromatic heterocycles. The molecular weight excluding hydrogens is 331 g/mol. The van der Waals surface area contributed by atoms with Crippen LogP contribution in [-0.2, 0) is 6.42 Å². The summed E-state index contributed by atoms with van der Waals surface area (Å²) in [5.41, 5.74) is 1.78. The summed E-state index contributed by atoms with van der Waals surface area (Å²) in [6.45, 7) is 2.18. The van der Waals surface area contributed by atoms with Crippen molar-refractivity contribution in [3.63, 3.8) is 0 Å². The third-order valence-electron chi connectivity index (χ3n) is 5.53. The summed E-state index contributed by atoms with van der Waals surface area (Å²) in [7, 11) is 0. The number of piperidine rings is 3. The van der Waals surface area contributed by atoms with E-state index in [-0.39, 0.29) is 23.9 Å². The maximum Gasteiger partial charge on any atom is 0.319 e. The zero-order chi connectivity index (χ0) is 17.9. The minimum Gasteiger partial charge on any atom is -0.333 e. The molecule has 0 radical (unpaired) electrons. The van der Waals surface area contributed by atoms with Crippen molar-refractivity contribution >= 4 is 11.7 Å². The Morgan fingerprint density at radius 1 is 1.19 bits per heavy atom. The number of halogens is 1. The smallest absolute Gasteiger partial charge is 0.319 e. The molecule has 136 valence electrons. The van der Waals surface area contributed by atoms with Crippen LogP contribution in [0.25, 0.3) is 0 Å². The van der Waals surface area contributed by atoms with Crippen molar-refractivity contribution in [3.05, 3.63) is 60.2 Å².